The SMILES string of the molecule is CC[C@H](C)NC(=O)[C@H](C)N(Cc1ccccc1Cl)C(=O)CN(c1ccccc1C)S(C)(=O)=O. The molecule has 0 aliphatic heterocycles. The molecule has 2 aromatic rings. The summed E-state index contributed by atoms with van der Waals surface area (Å²) in [6, 6.07) is 13.1. The van der Waals surface area contributed by atoms with Crippen molar-refractivity contribution in [3.8, 4) is 0 Å². The molecule has 33 heavy (non-hydrogen) atoms. The predicted octanol–water partition coefficient (Wildman–Crippen LogP) is 3.75. The van der Waals surface area contributed by atoms with Crippen LogP contribution in [0.2, 0.25) is 5.02 Å². The molecule has 2 atom stereocenters. The molecule has 0 saturated carbocycles. The third kappa shape index (κ3) is 7.20. The van der Waals surface area contributed by atoms with Gasteiger partial charge in [0.1, 0.15) is 12.6 Å². The zero-order valence-electron chi connectivity index (χ0n) is 19.7. The van der Waals surface area contributed by atoms with Crippen LogP contribution in [0.25, 0.3) is 0 Å². The minimum atomic E-state index is -3.76. The second-order valence-electron chi connectivity index (χ2n) is 8.16. The van der Waals surface area contributed by atoms with E-state index < -0.39 is 28.5 Å². The number of carbonyl (C=O) groups excluding carboxylic acids is 2. The number of sulfonamides is 1. The Morgan fingerprint density at radius 3 is 2.24 bits per heavy atom. The standard InChI is InChI=1S/C24H32ClN3O4S/c1-6-18(3)26-24(30)19(4)27(15-20-12-8-9-13-21(20)25)23(29)16-28(33(5,31)32)22-14-10-7-11-17(22)2/h7-14,18-19H,6,15-16H2,1-5H3,(H,26,30)/t18-,19-/m0/s1. The lowest BCUT2D eigenvalue weighted by molar-refractivity contribution is -0.139. The average molecular weight is 494 g/mol. The van der Waals surface area contributed by atoms with E-state index in [0.29, 0.717) is 16.3 Å². The molecule has 0 aliphatic rings. The van der Waals surface area contributed by atoms with E-state index in [-0.39, 0.29) is 18.5 Å². The number of nitrogens with one attached hydrogen (secondary N) is 1. The van der Waals surface area contributed by atoms with E-state index in [1.807, 2.05) is 13.8 Å². The molecule has 0 fully saturated rings. The van der Waals surface area contributed by atoms with Crippen molar-refractivity contribution in [1.29, 1.82) is 0 Å². The highest BCUT2D eigenvalue weighted by Crippen LogP contribution is 2.24. The maximum absolute atomic E-state index is 13.5. The third-order valence-electron chi connectivity index (χ3n) is 5.53. The molecule has 0 aliphatic carbocycles. The van der Waals surface area contributed by atoms with Gasteiger partial charge in [0.25, 0.3) is 0 Å². The zero-order valence-corrected chi connectivity index (χ0v) is 21.3. The first-order chi connectivity index (χ1) is 15.5. The highest BCUT2D eigenvalue weighted by atomic mass is 35.5. The van der Waals surface area contributed by atoms with Crippen LogP contribution in [0.15, 0.2) is 48.5 Å². The minimum absolute atomic E-state index is 0.0586. The summed E-state index contributed by atoms with van der Waals surface area (Å²) in [4.78, 5) is 27.7. The van der Waals surface area contributed by atoms with Gasteiger partial charge in [-0.25, -0.2) is 8.42 Å². The van der Waals surface area contributed by atoms with Crippen molar-refractivity contribution >= 4 is 39.1 Å². The molecule has 180 valence electrons. The van der Waals surface area contributed by atoms with Crippen molar-refractivity contribution in [2.45, 2.75) is 52.7 Å². The number of anilines is 1. The van der Waals surface area contributed by atoms with E-state index in [2.05, 4.69) is 5.32 Å². The molecule has 0 aromatic heterocycles. The first kappa shape index (κ1) is 26.7. The number of halogens is 1. The van der Waals surface area contributed by atoms with E-state index in [9.17, 15) is 18.0 Å². The van der Waals surface area contributed by atoms with Crippen LogP contribution in [0.4, 0.5) is 5.69 Å². The summed E-state index contributed by atoms with van der Waals surface area (Å²) < 4.78 is 26.3. The lowest BCUT2D eigenvalue weighted by Crippen LogP contribution is -2.52. The molecule has 1 N–H and O–H groups in total. The lowest BCUT2D eigenvalue weighted by atomic mass is 10.1. The Hall–Kier alpha value is -2.58. The van der Waals surface area contributed by atoms with Crippen LogP contribution in [-0.2, 0) is 26.2 Å². The average Bonchev–Trinajstić information content (AvgIpc) is 2.76. The summed E-state index contributed by atoms with van der Waals surface area (Å²) in [7, 11) is -3.76. The second-order valence-corrected chi connectivity index (χ2v) is 10.5. The highest BCUT2D eigenvalue weighted by molar-refractivity contribution is 7.92. The van der Waals surface area contributed by atoms with Crippen LogP contribution in [0.3, 0.4) is 0 Å². The summed E-state index contributed by atoms with van der Waals surface area (Å²) >= 11 is 6.31. The molecule has 2 aromatic carbocycles. The summed E-state index contributed by atoms with van der Waals surface area (Å²) in [5, 5.41) is 3.35. The van der Waals surface area contributed by atoms with Crippen LogP contribution < -0.4 is 9.62 Å². The molecular weight excluding hydrogens is 462 g/mol. The van der Waals surface area contributed by atoms with E-state index in [1.165, 1.54) is 4.90 Å². The number of para-hydroxylation sites is 1. The van der Waals surface area contributed by atoms with Crippen molar-refractivity contribution in [1.82, 2.24) is 10.2 Å². The maximum Gasteiger partial charge on any atom is 0.244 e. The molecule has 0 radical (unpaired) electrons. The summed E-state index contributed by atoms with van der Waals surface area (Å²) in [5.74, 6) is -0.818. The third-order valence-corrected chi connectivity index (χ3v) is 7.03. The zero-order chi connectivity index (χ0) is 24.8. The summed E-state index contributed by atoms with van der Waals surface area (Å²) in [6.45, 7) is 6.88. The van der Waals surface area contributed by atoms with E-state index in [0.717, 1.165) is 22.5 Å². The summed E-state index contributed by atoms with van der Waals surface area (Å²) in [6.07, 6.45) is 1.80. The van der Waals surface area contributed by atoms with E-state index >= 15 is 0 Å². The first-order valence-corrected chi connectivity index (χ1v) is 13.0. The van der Waals surface area contributed by atoms with Crippen molar-refractivity contribution < 1.29 is 18.0 Å². The largest absolute Gasteiger partial charge is 0.352 e. The van der Waals surface area contributed by atoms with Gasteiger partial charge in [0, 0.05) is 17.6 Å². The number of benzene rings is 2. The molecular formula is C24H32ClN3O4S. The molecule has 0 heterocycles. The van der Waals surface area contributed by atoms with Crippen LogP contribution in [-0.4, -0.2) is 50.0 Å². The molecule has 0 unspecified atom stereocenters. The molecule has 0 spiro atoms. The van der Waals surface area contributed by atoms with Gasteiger partial charge in [0.15, 0.2) is 0 Å². The van der Waals surface area contributed by atoms with E-state index in [1.54, 1.807) is 62.4 Å². The fourth-order valence-electron chi connectivity index (χ4n) is 3.30. The summed E-state index contributed by atoms with van der Waals surface area (Å²) in [5.41, 5.74) is 1.80. The number of hydrogen-bond acceptors (Lipinski definition) is 4. The fourth-order valence-corrected chi connectivity index (χ4v) is 4.40. The Kier molecular flexibility index (Phi) is 9.31. The van der Waals surface area contributed by atoms with Gasteiger partial charge >= 0.3 is 0 Å². The quantitative estimate of drug-likeness (QED) is 0.546. The molecule has 2 rings (SSSR count). The molecule has 0 saturated heterocycles. The van der Waals surface area contributed by atoms with Gasteiger partial charge in [-0.1, -0.05) is 54.9 Å². The Morgan fingerprint density at radius 1 is 1.06 bits per heavy atom. The Bertz CT molecular complexity index is 1090. The Morgan fingerprint density at radius 2 is 1.67 bits per heavy atom. The van der Waals surface area contributed by atoms with E-state index in [4.69, 9.17) is 11.6 Å². The van der Waals surface area contributed by atoms with Gasteiger partial charge in [-0.05, 0) is 50.5 Å². The van der Waals surface area contributed by atoms with Gasteiger partial charge < -0.3 is 10.2 Å². The van der Waals surface area contributed by atoms with Gasteiger partial charge in [-0.3, -0.25) is 13.9 Å². The molecule has 7 nitrogen and oxygen atoms in total. The van der Waals surface area contributed by atoms with Gasteiger partial charge in [0.2, 0.25) is 21.8 Å². The highest BCUT2D eigenvalue weighted by Gasteiger charge is 2.31. The number of carbonyl (C=O) groups is 2. The molecule has 9 heteroatoms. The number of nitrogens with zero attached hydrogens (tertiary/aromatic N) is 2. The minimum Gasteiger partial charge on any atom is -0.352 e. The van der Waals surface area contributed by atoms with Crippen LogP contribution in [0.1, 0.15) is 38.3 Å². The predicted molar refractivity (Wildman–Crippen MR) is 133 cm³/mol. The monoisotopic (exact) mass is 493 g/mol. The Balaban J connectivity index is 2.41. The normalized spacial score (nSPS) is 13.2. The molecule has 0 bridgehead atoms. The smallest absolute Gasteiger partial charge is 0.244 e. The molecule has 2 amide bonds. The number of hydrogen-bond donors (Lipinski definition) is 1. The number of rotatable bonds is 10. The first-order valence-electron chi connectivity index (χ1n) is 10.8. The van der Waals surface area contributed by atoms with Crippen molar-refractivity contribution in [2.75, 3.05) is 17.1 Å². The van der Waals surface area contributed by atoms with Crippen molar-refractivity contribution in [3.63, 3.8) is 0 Å². The van der Waals surface area contributed by atoms with Crippen LogP contribution in [0.5, 0.6) is 0 Å². The Labute approximate surface area is 201 Å². The topological polar surface area (TPSA) is 86.8 Å². The van der Waals surface area contributed by atoms with Crippen LogP contribution in [0, 0.1) is 6.92 Å². The maximum atomic E-state index is 13.5. The number of aryl methyl sites for hydroxylation is 1. The van der Waals surface area contributed by atoms with Crippen molar-refractivity contribution in [3.05, 3.63) is 64.7 Å². The van der Waals surface area contributed by atoms with Gasteiger partial charge in [-0.15, -0.1) is 0 Å². The lowest BCUT2D eigenvalue weighted by Gasteiger charge is -2.32. The number of amides is 2. The second kappa shape index (κ2) is 11.5. The van der Waals surface area contributed by atoms with Gasteiger partial charge in [-0.2, -0.15) is 0 Å². The van der Waals surface area contributed by atoms with Crippen molar-refractivity contribution in [2.24, 2.45) is 0 Å². The van der Waals surface area contributed by atoms with Gasteiger partial charge in [0.05, 0.1) is 11.9 Å². The van der Waals surface area contributed by atoms with Crippen LogP contribution >= 0.6 is 11.6 Å². The fraction of sp³-hybridized carbons (Fsp3) is 0.417.